The molecule has 0 unspecified atom stereocenters. The molecule has 1 aromatic heterocycles. The average Bonchev–Trinajstić information content (AvgIpc) is 2.12. The van der Waals surface area contributed by atoms with E-state index in [9.17, 15) is 5.11 Å². The zero-order valence-electron chi connectivity index (χ0n) is 8.70. The van der Waals surface area contributed by atoms with Crippen LogP contribution in [0.25, 0.3) is 10.9 Å². The third-order valence-corrected chi connectivity index (χ3v) is 2.44. The number of aromatic nitrogens is 1. The molecule has 0 saturated carbocycles. The molecular formula is C11H13N3O. The first-order valence-corrected chi connectivity index (χ1v) is 4.65. The number of hydrogen-bond acceptors (Lipinski definition) is 4. The molecule has 0 saturated heterocycles. The molecule has 0 aliphatic heterocycles. The number of aromatic hydroxyl groups is 1. The minimum absolute atomic E-state index is 0.00556. The van der Waals surface area contributed by atoms with Gasteiger partial charge in [0, 0.05) is 16.8 Å². The average molecular weight is 203 g/mol. The molecular weight excluding hydrogens is 190 g/mol. The van der Waals surface area contributed by atoms with Gasteiger partial charge in [0.25, 0.3) is 0 Å². The van der Waals surface area contributed by atoms with Gasteiger partial charge in [-0.1, -0.05) is 0 Å². The van der Waals surface area contributed by atoms with Crippen LogP contribution in [0.2, 0.25) is 0 Å². The van der Waals surface area contributed by atoms with E-state index in [1.807, 2.05) is 19.9 Å². The largest absolute Gasteiger partial charge is 0.504 e. The van der Waals surface area contributed by atoms with Gasteiger partial charge < -0.3 is 16.6 Å². The summed E-state index contributed by atoms with van der Waals surface area (Å²) in [7, 11) is 0. The van der Waals surface area contributed by atoms with E-state index in [0.29, 0.717) is 11.2 Å². The Kier molecular flexibility index (Phi) is 1.93. The first kappa shape index (κ1) is 9.58. The monoisotopic (exact) mass is 203 g/mol. The second kappa shape index (κ2) is 3.02. The third-order valence-electron chi connectivity index (χ3n) is 2.44. The Bertz CT molecular complexity index is 541. The first-order chi connectivity index (χ1) is 7.00. The van der Waals surface area contributed by atoms with Crippen molar-refractivity contribution in [2.24, 2.45) is 0 Å². The zero-order valence-corrected chi connectivity index (χ0v) is 8.70. The quantitative estimate of drug-likeness (QED) is 0.346. The highest BCUT2D eigenvalue weighted by atomic mass is 16.3. The minimum Gasteiger partial charge on any atom is -0.504 e. The van der Waals surface area contributed by atoms with Crippen LogP contribution in [0.1, 0.15) is 11.3 Å². The van der Waals surface area contributed by atoms with Crippen molar-refractivity contribution in [2.75, 3.05) is 11.5 Å². The molecule has 2 rings (SSSR count). The Morgan fingerprint density at radius 1 is 1.13 bits per heavy atom. The predicted molar refractivity (Wildman–Crippen MR) is 61.7 cm³/mol. The van der Waals surface area contributed by atoms with E-state index in [-0.39, 0.29) is 11.4 Å². The summed E-state index contributed by atoms with van der Waals surface area (Å²) in [4.78, 5) is 4.25. The normalized spacial score (nSPS) is 10.8. The number of fused-ring (bicyclic) bond motifs is 1. The van der Waals surface area contributed by atoms with E-state index < -0.39 is 0 Å². The van der Waals surface area contributed by atoms with E-state index >= 15 is 0 Å². The predicted octanol–water partition coefficient (Wildman–Crippen LogP) is 1.72. The Balaban J connectivity index is 3.02. The summed E-state index contributed by atoms with van der Waals surface area (Å²) in [5.74, 6) is 0.00556. The van der Waals surface area contributed by atoms with Gasteiger partial charge >= 0.3 is 0 Å². The molecule has 4 nitrogen and oxygen atoms in total. The summed E-state index contributed by atoms with van der Waals surface area (Å²) in [6.07, 6.45) is 0. The standard InChI is InChI=1S/C11H13N3O/c1-5-3-6(2)14-10-9(5)7(12)4-8(13)11(10)15/h3-4,15H,12-13H2,1-2H3. The number of phenols is 1. The molecule has 4 heteroatoms. The molecule has 15 heavy (non-hydrogen) atoms. The van der Waals surface area contributed by atoms with Crippen LogP contribution in [0.4, 0.5) is 11.4 Å². The zero-order chi connectivity index (χ0) is 11.2. The summed E-state index contributed by atoms with van der Waals surface area (Å²) in [5, 5.41) is 10.6. The molecule has 0 atom stereocenters. The van der Waals surface area contributed by atoms with Crippen molar-refractivity contribution >= 4 is 22.3 Å². The molecule has 0 amide bonds. The van der Waals surface area contributed by atoms with Gasteiger partial charge in [-0.05, 0) is 31.5 Å². The molecule has 1 aromatic carbocycles. The van der Waals surface area contributed by atoms with Gasteiger partial charge in [0.05, 0.1) is 5.69 Å². The van der Waals surface area contributed by atoms with Crippen molar-refractivity contribution in [1.82, 2.24) is 4.98 Å². The maximum Gasteiger partial charge on any atom is 0.165 e. The van der Waals surface area contributed by atoms with Crippen molar-refractivity contribution in [3.05, 3.63) is 23.4 Å². The van der Waals surface area contributed by atoms with Gasteiger partial charge in [-0.2, -0.15) is 0 Å². The van der Waals surface area contributed by atoms with Crippen LogP contribution < -0.4 is 11.5 Å². The summed E-state index contributed by atoms with van der Waals surface area (Å²) >= 11 is 0. The van der Waals surface area contributed by atoms with Crippen LogP contribution >= 0.6 is 0 Å². The number of rotatable bonds is 0. The maximum atomic E-state index is 9.79. The molecule has 0 aliphatic rings. The number of hydrogen-bond donors (Lipinski definition) is 3. The molecule has 0 spiro atoms. The Morgan fingerprint density at radius 3 is 2.47 bits per heavy atom. The number of anilines is 2. The lowest BCUT2D eigenvalue weighted by Crippen LogP contribution is -1.97. The van der Waals surface area contributed by atoms with Crippen LogP contribution in [-0.2, 0) is 0 Å². The molecule has 0 aliphatic carbocycles. The molecule has 1 heterocycles. The van der Waals surface area contributed by atoms with E-state index in [1.54, 1.807) is 6.07 Å². The lowest BCUT2D eigenvalue weighted by Gasteiger charge is -2.10. The van der Waals surface area contributed by atoms with E-state index in [2.05, 4.69) is 4.98 Å². The van der Waals surface area contributed by atoms with Gasteiger partial charge in [0.2, 0.25) is 0 Å². The summed E-state index contributed by atoms with van der Waals surface area (Å²) < 4.78 is 0. The van der Waals surface area contributed by atoms with Crippen molar-refractivity contribution in [3.63, 3.8) is 0 Å². The number of aryl methyl sites for hydroxylation is 2. The Morgan fingerprint density at radius 2 is 1.80 bits per heavy atom. The maximum absolute atomic E-state index is 9.79. The second-order valence-electron chi connectivity index (χ2n) is 3.71. The minimum atomic E-state index is 0.00556. The molecule has 0 fully saturated rings. The number of benzene rings is 1. The molecule has 0 radical (unpaired) electrons. The van der Waals surface area contributed by atoms with Gasteiger partial charge in [-0.3, -0.25) is 0 Å². The van der Waals surface area contributed by atoms with E-state index in [4.69, 9.17) is 11.5 Å². The van der Waals surface area contributed by atoms with Crippen LogP contribution in [0.5, 0.6) is 5.75 Å². The molecule has 5 N–H and O–H groups in total. The summed E-state index contributed by atoms with van der Waals surface area (Å²) in [6, 6.07) is 3.48. The van der Waals surface area contributed by atoms with Gasteiger partial charge in [-0.15, -0.1) is 0 Å². The smallest absolute Gasteiger partial charge is 0.165 e. The molecule has 0 bridgehead atoms. The highest BCUT2D eigenvalue weighted by molar-refractivity contribution is 6.00. The van der Waals surface area contributed by atoms with Crippen molar-refractivity contribution in [3.8, 4) is 5.75 Å². The lowest BCUT2D eigenvalue weighted by atomic mass is 10.1. The number of nitrogens with zero attached hydrogens (tertiary/aromatic N) is 1. The fourth-order valence-electron chi connectivity index (χ4n) is 1.82. The first-order valence-electron chi connectivity index (χ1n) is 4.65. The number of phenolic OH excluding ortho intramolecular Hbond substituents is 1. The molecule has 2 aromatic rings. The summed E-state index contributed by atoms with van der Waals surface area (Å²) in [6.45, 7) is 3.80. The molecule has 78 valence electrons. The van der Waals surface area contributed by atoms with Crippen LogP contribution in [0.3, 0.4) is 0 Å². The van der Waals surface area contributed by atoms with Gasteiger partial charge in [-0.25, -0.2) is 4.98 Å². The fourth-order valence-corrected chi connectivity index (χ4v) is 1.82. The number of nitrogens with two attached hydrogens (primary N) is 2. The van der Waals surface area contributed by atoms with Crippen LogP contribution in [-0.4, -0.2) is 10.1 Å². The van der Waals surface area contributed by atoms with Crippen molar-refractivity contribution in [2.45, 2.75) is 13.8 Å². The highest BCUT2D eigenvalue weighted by Gasteiger charge is 2.11. The Hall–Kier alpha value is -1.97. The fraction of sp³-hybridized carbons (Fsp3) is 0.182. The Labute approximate surface area is 87.5 Å². The third kappa shape index (κ3) is 1.34. The summed E-state index contributed by atoms with van der Waals surface area (Å²) in [5.41, 5.74) is 14.6. The van der Waals surface area contributed by atoms with Gasteiger partial charge in [0.15, 0.2) is 5.75 Å². The van der Waals surface area contributed by atoms with Gasteiger partial charge in [0.1, 0.15) is 5.52 Å². The highest BCUT2D eigenvalue weighted by Crippen LogP contribution is 2.35. The van der Waals surface area contributed by atoms with E-state index in [1.165, 1.54) is 0 Å². The van der Waals surface area contributed by atoms with Crippen molar-refractivity contribution in [1.29, 1.82) is 0 Å². The van der Waals surface area contributed by atoms with Crippen LogP contribution in [0.15, 0.2) is 12.1 Å². The lowest BCUT2D eigenvalue weighted by molar-refractivity contribution is 0.483. The number of pyridine rings is 1. The second-order valence-corrected chi connectivity index (χ2v) is 3.71. The van der Waals surface area contributed by atoms with Crippen molar-refractivity contribution < 1.29 is 5.11 Å². The number of nitrogen functional groups attached to an aromatic ring is 2. The van der Waals surface area contributed by atoms with E-state index in [0.717, 1.165) is 16.6 Å². The van der Waals surface area contributed by atoms with Crippen LogP contribution in [0, 0.1) is 13.8 Å². The topological polar surface area (TPSA) is 85.2 Å². The SMILES string of the molecule is Cc1cc(C)c2c(N)cc(N)c(O)c2n1.